The molecular formula is C15H25NO3. The highest BCUT2D eigenvalue weighted by Gasteiger charge is 2.35. The van der Waals surface area contributed by atoms with E-state index in [1.54, 1.807) is 0 Å². The van der Waals surface area contributed by atoms with Gasteiger partial charge >= 0.3 is 5.97 Å². The monoisotopic (exact) mass is 267 g/mol. The van der Waals surface area contributed by atoms with Crippen LogP contribution in [0.15, 0.2) is 0 Å². The third-order valence-electron chi connectivity index (χ3n) is 4.75. The Morgan fingerprint density at radius 3 is 2.16 bits per heavy atom. The maximum absolute atomic E-state index is 12.1. The first-order chi connectivity index (χ1) is 9.18. The van der Waals surface area contributed by atoms with Crippen LogP contribution in [-0.4, -0.2) is 23.5 Å². The molecule has 19 heavy (non-hydrogen) atoms. The molecule has 0 saturated heterocycles. The summed E-state index contributed by atoms with van der Waals surface area (Å²) in [6.07, 6.45) is 9.56. The minimum Gasteiger partial charge on any atom is -0.481 e. The fourth-order valence-electron chi connectivity index (χ4n) is 3.57. The number of carboxylic acid groups (broad SMARTS) is 1. The van der Waals surface area contributed by atoms with Crippen molar-refractivity contribution < 1.29 is 14.7 Å². The molecule has 0 aromatic rings. The first-order valence-electron chi connectivity index (χ1n) is 7.69. The van der Waals surface area contributed by atoms with Crippen molar-refractivity contribution >= 4 is 11.9 Å². The second-order valence-electron chi connectivity index (χ2n) is 6.07. The van der Waals surface area contributed by atoms with E-state index in [0.717, 1.165) is 31.6 Å². The molecule has 2 saturated carbocycles. The Hall–Kier alpha value is -1.06. The average molecular weight is 267 g/mol. The smallest absolute Gasteiger partial charge is 0.307 e. The zero-order chi connectivity index (χ0) is 13.7. The van der Waals surface area contributed by atoms with Gasteiger partial charge in [-0.3, -0.25) is 9.59 Å². The fraction of sp³-hybridized carbons (Fsp3) is 0.867. The second kappa shape index (κ2) is 6.92. The molecule has 0 heterocycles. The first kappa shape index (κ1) is 14.4. The van der Waals surface area contributed by atoms with Crippen LogP contribution in [0.25, 0.3) is 0 Å². The number of aliphatic carboxylic acids is 1. The minimum absolute atomic E-state index is 0.0369. The molecule has 4 heteroatoms. The van der Waals surface area contributed by atoms with E-state index in [2.05, 4.69) is 5.32 Å². The van der Waals surface area contributed by atoms with Crippen molar-refractivity contribution in [3.05, 3.63) is 0 Å². The highest BCUT2D eigenvalue weighted by atomic mass is 16.4. The van der Waals surface area contributed by atoms with Gasteiger partial charge in [-0.15, -0.1) is 0 Å². The molecule has 1 amide bonds. The Morgan fingerprint density at radius 1 is 0.947 bits per heavy atom. The minimum atomic E-state index is -0.810. The number of carbonyl (C=O) groups excluding carboxylic acids is 1. The number of carbonyl (C=O) groups is 2. The van der Waals surface area contributed by atoms with Gasteiger partial charge < -0.3 is 10.4 Å². The summed E-state index contributed by atoms with van der Waals surface area (Å²) >= 11 is 0. The molecule has 0 bridgehead atoms. The predicted octanol–water partition coefficient (Wildman–Crippen LogP) is 2.57. The number of hydrogen-bond donors (Lipinski definition) is 2. The van der Waals surface area contributed by atoms with Crippen LogP contribution in [0.5, 0.6) is 0 Å². The summed E-state index contributed by atoms with van der Waals surface area (Å²) in [6.45, 7) is 0.715. The first-order valence-corrected chi connectivity index (χ1v) is 7.69. The van der Waals surface area contributed by atoms with E-state index in [1.807, 2.05) is 0 Å². The van der Waals surface area contributed by atoms with Crippen molar-refractivity contribution in [3.63, 3.8) is 0 Å². The lowest BCUT2D eigenvalue weighted by Gasteiger charge is -2.27. The van der Waals surface area contributed by atoms with Crippen molar-refractivity contribution in [2.45, 2.75) is 57.8 Å². The van der Waals surface area contributed by atoms with Crippen LogP contribution in [0.1, 0.15) is 57.8 Å². The van der Waals surface area contributed by atoms with Crippen LogP contribution in [-0.2, 0) is 9.59 Å². The lowest BCUT2D eigenvalue weighted by molar-refractivity contribution is -0.148. The van der Waals surface area contributed by atoms with Gasteiger partial charge in [0.2, 0.25) is 5.91 Å². The summed E-state index contributed by atoms with van der Waals surface area (Å²) in [6, 6.07) is 0. The van der Waals surface area contributed by atoms with Crippen molar-refractivity contribution in [2.24, 2.45) is 17.8 Å². The van der Waals surface area contributed by atoms with Crippen LogP contribution in [0, 0.1) is 17.8 Å². The second-order valence-corrected chi connectivity index (χ2v) is 6.07. The van der Waals surface area contributed by atoms with Crippen molar-refractivity contribution in [1.82, 2.24) is 5.32 Å². The Labute approximate surface area is 115 Å². The van der Waals surface area contributed by atoms with Gasteiger partial charge in [0, 0.05) is 6.54 Å². The Morgan fingerprint density at radius 2 is 1.53 bits per heavy atom. The summed E-state index contributed by atoms with van der Waals surface area (Å²) in [5.41, 5.74) is 0. The van der Waals surface area contributed by atoms with Crippen molar-refractivity contribution in [3.8, 4) is 0 Å². The molecule has 108 valence electrons. The SMILES string of the molecule is O=C(O)C1CCCCC1C(=O)NCCC1CCCC1. The molecule has 2 aliphatic carbocycles. The summed E-state index contributed by atoms with van der Waals surface area (Å²) in [5.74, 6) is -0.863. The third kappa shape index (κ3) is 3.95. The molecule has 2 atom stereocenters. The summed E-state index contributed by atoms with van der Waals surface area (Å²) < 4.78 is 0. The molecule has 0 aromatic carbocycles. The maximum atomic E-state index is 12.1. The zero-order valence-electron chi connectivity index (χ0n) is 11.6. The van der Waals surface area contributed by atoms with Gasteiger partial charge in [0.1, 0.15) is 0 Å². The van der Waals surface area contributed by atoms with Crippen LogP contribution < -0.4 is 5.32 Å². The standard InChI is InChI=1S/C15H25NO3/c17-14(16-10-9-11-5-1-2-6-11)12-7-3-4-8-13(12)15(18)19/h11-13H,1-10H2,(H,16,17)(H,18,19). The summed E-state index contributed by atoms with van der Waals surface area (Å²) in [7, 11) is 0. The molecular weight excluding hydrogens is 242 g/mol. The topological polar surface area (TPSA) is 66.4 Å². The largest absolute Gasteiger partial charge is 0.481 e. The van der Waals surface area contributed by atoms with Crippen LogP contribution in [0.2, 0.25) is 0 Å². The molecule has 2 rings (SSSR count). The van der Waals surface area contributed by atoms with Crippen LogP contribution in [0.4, 0.5) is 0 Å². The number of rotatable bonds is 5. The van der Waals surface area contributed by atoms with Gasteiger partial charge in [0.15, 0.2) is 0 Å². The van der Waals surface area contributed by atoms with Gasteiger partial charge in [0.05, 0.1) is 11.8 Å². The summed E-state index contributed by atoms with van der Waals surface area (Å²) in [4.78, 5) is 23.3. The van der Waals surface area contributed by atoms with Gasteiger partial charge in [-0.05, 0) is 25.2 Å². The summed E-state index contributed by atoms with van der Waals surface area (Å²) in [5, 5.41) is 12.1. The molecule has 0 aliphatic heterocycles. The van der Waals surface area contributed by atoms with E-state index in [-0.39, 0.29) is 11.8 Å². The average Bonchev–Trinajstić information content (AvgIpc) is 2.91. The normalized spacial score (nSPS) is 28.2. The van der Waals surface area contributed by atoms with E-state index >= 15 is 0 Å². The van der Waals surface area contributed by atoms with Crippen molar-refractivity contribution in [1.29, 1.82) is 0 Å². The van der Waals surface area contributed by atoms with Gasteiger partial charge in [0.25, 0.3) is 0 Å². The third-order valence-corrected chi connectivity index (χ3v) is 4.75. The predicted molar refractivity (Wildman–Crippen MR) is 72.7 cm³/mol. The Balaban J connectivity index is 1.75. The van der Waals surface area contributed by atoms with Gasteiger partial charge in [-0.1, -0.05) is 38.5 Å². The van der Waals surface area contributed by atoms with Gasteiger partial charge in [-0.25, -0.2) is 0 Å². The van der Waals surface area contributed by atoms with E-state index in [4.69, 9.17) is 0 Å². The lowest BCUT2D eigenvalue weighted by atomic mass is 9.78. The van der Waals surface area contributed by atoms with E-state index < -0.39 is 11.9 Å². The van der Waals surface area contributed by atoms with Gasteiger partial charge in [-0.2, -0.15) is 0 Å². The molecule has 0 aromatic heterocycles. The molecule has 0 radical (unpaired) electrons. The van der Waals surface area contributed by atoms with Crippen LogP contribution in [0.3, 0.4) is 0 Å². The molecule has 2 aliphatic rings. The maximum Gasteiger partial charge on any atom is 0.307 e. The molecule has 0 spiro atoms. The lowest BCUT2D eigenvalue weighted by Crippen LogP contribution is -2.40. The van der Waals surface area contributed by atoms with E-state index in [1.165, 1.54) is 25.7 Å². The highest BCUT2D eigenvalue weighted by molar-refractivity contribution is 5.84. The Bertz CT molecular complexity index is 323. The molecule has 4 nitrogen and oxygen atoms in total. The van der Waals surface area contributed by atoms with E-state index in [0.29, 0.717) is 13.0 Å². The molecule has 2 unspecified atom stereocenters. The number of carboxylic acids is 1. The van der Waals surface area contributed by atoms with Crippen molar-refractivity contribution in [2.75, 3.05) is 6.54 Å². The van der Waals surface area contributed by atoms with E-state index in [9.17, 15) is 14.7 Å². The molecule has 2 N–H and O–H groups in total. The quantitative estimate of drug-likeness (QED) is 0.804. The number of nitrogens with one attached hydrogen (secondary N) is 1. The van der Waals surface area contributed by atoms with Crippen LogP contribution >= 0.6 is 0 Å². The zero-order valence-corrected chi connectivity index (χ0v) is 11.6. The fourth-order valence-corrected chi connectivity index (χ4v) is 3.57. The number of hydrogen-bond acceptors (Lipinski definition) is 2. The number of amides is 1. The molecule has 2 fully saturated rings. The Kier molecular flexibility index (Phi) is 5.23. The highest BCUT2D eigenvalue weighted by Crippen LogP contribution is 2.31.